The molecule has 0 radical (unpaired) electrons. The van der Waals surface area contributed by atoms with Crippen molar-refractivity contribution >= 4 is 23.9 Å². The summed E-state index contributed by atoms with van der Waals surface area (Å²) in [6.45, 7) is 1.85. The fraction of sp³-hybridized carbons (Fsp3) is 0.182. The Labute approximate surface area is 97.4 Å². The minimum Gasteiger partial charge on any atom is -0.462 e. The summed E-state index contributed by atoms with van der Waals surface area (Å²) in [5, 5.41) is 8.78. The topological polar surface area (TPSA) is 67.2 Å². The average Bonchev–Trinajstić information content (AvgIpc) is 2.29. The van der Waals surface area contributed by atoms with Gasteiger partial charge in [-0.05, 0) is 19.1 Å². The number of benzene rings is 1. The van der Waals surface area contributed by atoms with E-state index in [-0.39, 0.29) is 28.3 Å². The maximum atomic E-state index is 11.5. The fourth-order valence-corrected chi connectivity index (χ4v) is 1.38. The van der Waals surface area contributed by atoms with Gasteiger partial charge in [0.15, 0.2) is 0 Å². The van der Waals surface area contributed by atoms with Crippen molar-refractivity contribution in [3.63, 3.8) is 0 Å². The monoisotopic (exact) mass is 237 g/mol. The van der Waals surface area contributed by atoms with Crippen LogP contribution in [0.5, 0.6) is 0 Å². The molecule has 4 nitrogen and oxygen atoms in total. The van der Waals surface area contributed by atoms with E-state index >= 15 is 0 Å². The predicted molar refractivity (Wildman–Crippen MR) is 57.5 cm³/mol. The van der Waals surface area contributed by atoms with Crippen LogP contribution in [0.4, 0.5) is 0 Å². The second-order valence-electron chi connectivity index (χ2n) is 2.88. The summed E-state index contributed by atoms with van der Waals surface area (Å²) in [5.41, 5.74) is 0.322. The lowest BCUT2D eigenvalue weighted by Gasteiger charge is -2.06. The fourth-order valence-electron chi connectivity index (χ4n) is 1.15. The van der Waals surface area contributed by atoms with Crippen molar-refractivity contribution < 1.29 is 14.3 Å². The minimum absolute atomic E-state index is 0.00606. The highest BCUT2D eigenvalue weighted by Gasteiger charge is 2.16. The van der Waals surface area contributed by atoms with Crippen LogP contribution in [-0.2, 0) is 4.74 Å². The van der Waals surface area contributed by atoms with Gasteiger partial charge in [-0.15, -0.1) is 0 Å². The van der Waals surface area contributed by atoms with Crippen LogP contribution in [0.2, 0.25) is 5.02 Å². The third kappa shape index (κ3) is 2.38. The quantitative estimate of drug-likeness (QED) is 0.597. The number of ether oxygens (including phenoxy) is 1. The van der Waals surface area contributed by atoms with Gasteiger partial charge in [-0.3, -0.25) is 4.79 Å². The first-order valence-corrected chi connectivity index (χ1v) is 4.87. The van der Waals surface area contributed by atoms with Crippen molar-refractivity contribution in [2.24, 2.45) is 0 Å². The first kappa shape index (κ1) is 12.2. The Balaban J connectivity index is 3.32. The molecular formula is C11H8ClNO3. The van der Waals surface area contributed by atoms with Gasteiger partial charge in [0.25, 0.3) is 0 Å². The minimum atomic E-state index is -0.646. The summed E-state index contributed by atoms with van der Waals surface area (Å²) in [6.07, 6.45) is 0.542. The van der Waals surface area contributed by atoms with Crippen LogP contribution in [-0.4, -0.2) is 18.9 Å². The molecule has 16 heavy (non-hydrogen) atoms. The van der Waals surface area contributed by atoms with E-state index in [4.69, 9.17) is 21.6 Å². The summed E-state index contributed by atoms with van der Waals surface area (Å²) in [4.78, 5) is 22.1. The molecule has 0 aliphatic heterocycles. The number of esters is 1. The van der Waals surface area contributed by atoms with E-state index in [1.54, 1.807) is 6.92 Å². The third-order valence-corrected chi connectivity index (χ3v) is 2.25. The molecule has 0 spiro atoms. The molecule has 82 valence electrons. The molecule has 0 amide bonds. The number of hydrogen-bond acceptors (Lipinski definition) is 4. The molecule has 0 saturated carbocycles. The van der Waals surface area contributed by atoms with Gasteiger partial charge in [0, 0.05) is 5.56 Å². The molecule has 1 aromatic rings. The first-order chi connectivity index (χ1) is 7.63. The number of nitriles is 1. The van der Waals surface area contributed by atoms with Gasteiger partial charge < -0.3 is 4.74 Å². The molecule has 0 aliphatic carbocycles. The molecule has 0 unspecified atom stereocenters. The normalized spacial score (nSPS) is 9.31. The van der Waals surface area contributed by atoms with Gasteiger partial charge in [0.1, 0.15) is 12.4 Å². The van der Waals surface area contributed by atoms with Gasteiger partial charge in [-0.25, -0.2) is 4.79 Å². The van der Waals surface area contributed by atoms with Crippen LogP contribution in [0.25, 0.3) is 0 Å². The van der Waals surface area contributed by atoms with Crippen molar-refractivity contribution in [2.75, 3.05) is 6.61 Å². The van der Waals surface area contributed by atoms with Crippen molar-refractivity contribution in [1.82, 2.24) is 0 Å². The Morgan fingerprint density at radius 1 is 1.62 bits per heavy atom. The smallest absolute Gasteiger partial charge is 0.339 e. The van der Waals surface area contributed by atoms with Crippen molar-refractivity contribution in [3.05, 3.63) is 33.8 Å². The van der Waals surface area contributed by atoms with Gasteiger partial charge in [-0.2, -0.15) is 5.26 Å². The standard InChI is InChI=1S/C11H8ClNO3/c1-2-16-11(15)9-4-7(6-14)3-8(5-13)10(9)12/h3-4,6H,2H2,1H3. The highest BCUT2D eigenvalue weighted by Crippen LogP contribution is 2.23. The highest BCUT2D eigenvalue weighted by atomic mass is 35.5. The number of aldehydes is 1. The van der Waals surface area contributed by atoms with Crippen LogP contribution < -0.4 is 0 Å². The zero-order chi connectivity index (χ0) is 12.1. The van der Waals surface area contributed by atoms with Crippen LogP contribution in [0.3, 0.4) is 0 Å². The SMILES string of the molecule is CCOC(=O)c1cc(C=O)cc(C#N)c1Cl. The zero-order valence-corrected chi connectivity index (χ0v) is 9.25. The lowest BCUT2D eigenvalue weighted by Crippen LogP contribution is -2.07. The average molecular weight is 238 g/mol. The van der Waals surface area contributed by atoms with Crippen molar-refractivity contribution in [1.29, 1.82) is 5.26 Å². The van der Waals surface area contributed by atoms with Crippen LogP contribution in [0.15, 0.2) is 12.1 Å². The van der Waals surface area contributed by atoms with Crippen LogP contribution in [0.1, 0.15) is 33.2 Å². The van der Waals surface area contributed by atoms with E-state index in [9.17, 15) is 9.59 Å². The lowest BCUT2D eigenvalue weighted by molar-refractivity contribution is 0.0526. The molecule has 0 aromatic heterocycles. The number of hydrogen-bond donors (Lipinski definition) is 0. The van der Waals surface area contributed by atoms with Gasteiger partial charge in [0.05, 0.1) is 22.8 Å². The Hall–Kier alpha value is -1.86. The van der Waals surface area contributed by atoms with Crippen molar-refractivity contribution in [2.45, 2.75) is 6.92 Å². The van der Waals surface area contributed by atoms with Crippen LogP contribution in [0, 0.1) is 11.3 Å². The maximum Gasteiger partial charge on any atom is 0.339 e. The second-order valence-corrected chi connectivity index (χ2v) is 3.26. The first-order valence-electron chi connectivity index (χ1n) is 4.50. The molecule has 1 rings (SSSR count). The Kier molecular flexibility index (Phi) is 4.03. The van der Waals surface area contributed by atoms with E-state index in [1.165, 1.54) is 12.1 Å². The molecule has 0 aliphatic rings. The summed E-state index contributed by atoms with van der Waals surface area (Å²) in [5.74, 6) is -0.646. The number of halogens is 1. The molecule has 0 atom stereocenters. The molecule has 0 heterocycles. The highest BCUT2D eigenvalue weighted by molar-refractivity contribution is 6.34. The Morgan fingerprint density at radius 3 is 2.81 bits per heavy atom. The number of carbonyl (C=O) groups is 2. The van der Waals surface area contributed by atoms with E-state index in [2.05, 4.69) is 0 Å². The molecule has 1 aromatic carbocycles. The predicted octanol–water partition coefficient (Wildman–Crippen LogP) is 2.20. The van der Waals surface area contributed by atoms with Gasteiger partial charge >= 0.3 is 5.97 Å². The summed E-state index contributed by atoms with van der Waals surface area (Å²) >= 11 is 5.83. The summed E-state index contributed by atoms with van der Waals surface area (Å²) < 4.78 is 4.76. The lowest BCUT2D eigenvalue weighted by atomic mass is 10.1. The number of nitrogens with zero attached hydrogens (tertiary/aromatic N) is 1. The van der Waals surface area contributed by atoms with Crippen molar-refractivity contribution in [3.8, 4) is 6.07 Å². The molecule has 5 heteroatoms. The summed E-state index contributed by atoms with van der Waals surface area (Å²) in [7, 11) is 0. The largest absolute Gasteiger partial charge is 0.462 e. The van der Waals surface area contributed by atoms with E-state index in [1.807, 2.05) is 6.07 Å². The molecule has 0 fully saturated rings. The van der Waals surface area contributed by atoms with E-state index in [0.29, 0.717) is 6.29 Å². The number of carbonyl (C=O) groups excluding carboxylic acids is 2. The van der Waals surface area contributed by atoms with E-state index in [0.717, 1.165) is 0 Å². The maximum absolute atomic E-state index is 11.5. The molecular weight excluding hydrogens is 230 g/mol. The summed E-state index contributed by atoms with van der Waals surface area (Å²) in [6, 6.07) is 4.43. The van der Waals surface area contributed by atoms with Gasteiger partial charge in [-0.1, -0.05) is 11.6 Å². The molecule has 0 saturated heterocycles. The Morgan fingerprint density at radius 2 is 2.31 bits per heavy atom. The molecule has 0 bridgehead atoms. The Bertz CT molecular complexity index is 477. The zero-order valence-electron chi connectivity index (χ0n) is 8.49. The third-order valence-electron chi connectivity index (χ3n) is 1.85. The van der Waals surface area contributed by atoms with Gasteiger partial charge in [0.2, 0.25) is 0 Å². The molecule has 0 N–H and O–H groups in total. The van der Waals surface area contributed by atoms with Crippen LogP contribution >= 0.6 is 11.6 Å². The van der Waals surface area contributed by atoms with E-state index < -0.39 is 5.97 Å². The second kappa shape index (κ2) is 5.29. The number of rotatable bonds is 3.